The van der Waals surface area contributed by atoms with Crippen LogP contribution in [0.3, 0.4) is 0 Å². The number of hydrogen-bond donors (Lipinski definition) is 1. The first-order valence-corrected chi connectivity index (χ1v) is 5.62. The summed E-state index contributed by atoms with van der Waals surface area (Å²) in [4.78, 5) is 11.5. The zero-order chi connectivity index (χ0) is 11.1. The average Bonchev–Trinajstić information content (AvgIpc) is 2.27. The molecular formula is C13H19NO. The number of benzene rings is 1. The molecule has 1 atom stereocenters. The summed E-state index contributed by atoms with van der Waals surface area (Å²) in [5.74, 6) is 0.146. The summed E-state index contributed by atoms with van der Waals surface area (Å²) in [6, 6.07) is 10.3. The molecule has 1 amide bonds. The highest BCUT2D eigenvalue weighted by Crippen LogP contribution is 2.15. The smallest absolute Gasteiger partial charge is 0.220 e. The van der Waals surface area contributed by atoms with Crippen molar-refractivity contribution in [1.29, 1.82) is 0 Å². The average molecular weight is 205 g/mol. The fourth-order valence-electron chi connectivity index (χ4n) is 1.60. The summed E-state index contributed by atoms with van der Waals surface area (Å²) < 4.78 is 0. The fraction of sp³-hybridized carbons (Fsp3) is 0.462. The summed E-state index contributed by atoms with van der Waals surface area (Å²) in [5.41, 5.74) is 1.18. The van der Waals surface area contributed by atoms with E-state index in [1.165, 1.54) is 5.56 Å². The minimum atomic E-state index is 0.146. The van der Waals surface area contributed by atoms with Crippen LogP contribution in [0.15, 0.2) is 30.3 Å². The molecule has 0 heterocycles. The maximum Gasteiger partial charge on any atom is 0.220 e. The van der Waals surface area contributed by atoms with Crippen LogP contribution < -0.4 is 5.32 Å². The van der Waals surface area contributed by atoms with E-state index in [1.807, 2.05) is 25.1 Å². The van der Waals surface area contributed by atoms with Gasteiger partial charge in [0.2, 0.25) is 5.91 Å². The van der Waals surface area contributed by atoms with Crippen molar-refractivity contribution in [3.05, 3.63) is 35.9 Å². The molecule has 1 unspecified atom stereocenters. The van der Waals surface area contributed by atoms with Gasteiger partial charge in [0.15, 0.2) is 0 Å². The highest BCUT2D eigenvalue weighted by atomic mass is 16.1. The van der Waals surface area contributed by atoms with E-state index >= 15 is 0 Å². The zero-order valence-corrected chi connectivity index (χ0v) is 9.49. The first-order valence-electron chi connectivity index (χ1n) is 5.62. The fourth-order valence-corrected chi connectivity index (χ4v) is 1.60. The summed E-state index contributed by atoms with van der Waals surface area (Å²) >= 11 is 0. The van der Waals surface area contributed by atoms with Gasteiger partial charge in [0.05, 0.1) is 6.04 Å². The minimum absolute atomic E-state index is 0.146. The van der Waals surface area contributed by atoms with Crippen molar-refractivity contribution in [3.8, 4) is 0 Å². The predicted octanol–water partition coefficient (Wildman–Crippen LogP) is 3.05. The molecule has 1 aromatic rings. The molecule has 0 spiro atoms. The lowest BCUT2D eigenvalue weighted by atomic mass is 10.0. The highest BCUT2D eigenvalue weighted by Gasteiger charge is 2.10. The van der Waals surface area contributed by atoms with Crippen molar-refractivity contribution in [2.24, 2.45) is 0 Å². The Kier molecular flexibility index (Phi) is 4.88. The van der Waals surface area contributed by atoms with Crippen molar-refractivity contribution in [2.75, 3.05) is 0 Å². The number of rotatable bonds is 5. The first kappa shape index (κ1) is 11.8. The molecule has 0 fully saturated rings. The molecule has 2 heteroatoms. The summed E-state index contributed by atoms with van der Waals surface area (Å²) in [5, 5.41) is 3.04. The van der Waals surface area contributed by atoms with Crippen LogP contribution in [0.1, 0.15) is 44.7 Å². The van der Waals surface area contributed by atoms with Crippen LogP contribution in [0.5, 0.6) is 0 Å². The molecule has 0 radical (unpaired) electrons. The van der Waals surface area contributed by atoms with Crippen LogP contribution in [-0.4, -0.2) is 5.91 Å². The second-order valence-corrected chi connectivity index (χ2v) is 3.69. The maximum atomic E-state index is 11.5. The number of nitrogens with one attached hydrogen (secondary N) is 1. The molecule has 0 saturated carbocycles. The van der Waals surface area contributed by atoms with Crippen molar-refractivity contribution in [2.45, 2.75) is 39.2 Å². The van der Waals surface area contributed by atoms with Gasteiger partial charge in [0.1, 0.15) is 0 Å². The highest BCUT2D eigenvalue weighted by molar-refractivity contribution is 5.76. The lowest BCUT2D eigenvalue weighted by molar-refractivity contribution is -0.121. The predicted molar refractivity (Wildman–Crippen MR) is 62.5 cm³/mol. The Morgan fingerprint density at radius 2 is 1.93 bits per heavy atom. The summed E-state index contributed by atoms with van der Waals surface area (Å²) in [6.45, 7) is 4.10. The number of hydrogen-bond acceptors (Lipinski definition) is 1. The van der Waals surface area contributed by atoms with Gasteiger partial charge in [-0.15, -0.1) is 0 Å². The molecule has 0 saturated heterocycles. The molecular weight excluding hydrogens is 186 g/mol. The van der Waals surface area contributed by atoms with Crippen LogP contribution in [0.2, 0.25) is 0 Å². The van der Waals surface area contributed by atoms with Crippen LogP contribution in [0, 0.1) is 0 Å². The minimum Gasteiger partial charge on any atom is -0.349 e. The maximum absolute atomic E-state index is 11.5. The standard InChI is InChI=1S/C13H19NO/c1-3-8-13(15)14-12(4-2)11-9-6-5-7-10-11/h5-7,9-10,12H,3-4,8H2,1-2H3,(H,14,15). The lowest BCUT2D eigenvalue weighted by Crippen LogP contribution is -2.27. The van der Waals surface area contributed by atoms with E-state index in [9.17, 15) is 4.79 Å². The normalized spacial score (nSPS) is 12.1. The van der Waals surface area contributed by atoms with E-state index in [1.54, 1.807) is 0 Å². The van der Waals surface area contributed by atoms with Gasteiger partial charge < -0.3 is 5.32 Å². The SMILES string of the molecule is CCCC(=O)NC(CC)c1ccccc1. The molecule has 0 bridgehead atoms. The molecule has 15 heavy (non-hydrogen) atoms. The van der Waals surface area contributed by atoms with Crippen molar-refractivity contribution in [1.82, 2.24) is 5.32 Å². The Hall–Kier alpha value is -1.31. The third-order valence-electron chi connectivity index (χ3n) is 2.42. The number of carbonyl (C=O) groups excluding carboxylic acids is 1. The lowest BCUT2D eigenvalue weighted by Gasteiger charge is -2.17. The van der Waals surface area contributed by atoms with E-state index in [0.717, 1.165) is 12.8 Å². The van der Waals surface area contributed by atoms with Crippen LogP contribution in [-0.2, 0) is 4.79 Å². The van der Waals surface area contributed by atoms with E-state index in [0.29, 0.717) is 6.42 Å². The van der Waals surface area contributed by atoms with Crippen LogP contribution in [0.4, 0.5) is 0 Å². The Labute approximate surface area is 91.7 Å². The summed E-state index contributed by atoms with van der Waals surface area (Å²) in [6.07, 6.45) is 2.44. The van der Waals surface area contributed by atoms with Gasteiger partial charge in [-0.05, 0) is 18.4 Å². The molecule has 1 aromatic carbocycles. The van der Waals surface area contributed by atoms with Gasteiger partial charge in [-0.3, -0.25) is 4.79 Å². The molecule has 0 aliphatic heterocycles. The van der Waals surface area contributed by atoms with Gasteiger partial charge in [0, 0.05) is 6.42 Å². The molecule has 0 aromatic heterocycles. The number of amides is 1. The van der Waals surface area contributed by atoms with Gasteiger partial charge in [-0.2, -0.15) is 0 Å². The van der Waals surface area contributed by atoms with Gasteiger partial charge in [-0.1, -0.05) is 44.2 Å². The third-order valence-corrected chi connectivity index (χ3v) is 2.42. The largest absolute Gasteiger partial charge is 0.349 e. The summed E-state index contributed by atoms with van der Waals surface area (Å²) in [7, 11) is 0. The van der Waals surface area contributed by atoms with E-state index in [4.69, 9.17) is 0 Å². The van der Waals surface area contributed by atoms with Gasteiger partial charge in [0.25, 0.3) is 0 Å². The molecule has 1 rings (SSSR count). The topological polar surface area (TPSA) is 29.1 Å². The first-order chi connectivity index (χ1) is 7.27. The molecule has 0 aliphatic carbocycles. The van der Waals surface area contributed by atoms with Gasteiger partial charge in [-0.25, -0.2) is 0 Å². The Bertz CT molecular complexity index is 295. The monoisotopic (exact) mass is 205 g/mol. The molecule has 1 N–H and O–H groups in total. The zero-order valence-electron chi connectivity index (χ0n) is 9.49. The Morgan fingerprint density at radius 1 is 1.27 bits per heavy atom. The van der Waals surface area contributed by atoms with Gasteiger partial charge >= 0.3 is 0 Å². The van der Waals surface area contributed by atoms with E-state index < -0.39 is 0 Å². The second kappa shape index (κ2) is 6.23. The van der Waals surface area contributed by atoms with Crippen LogP contribution in [0.25, 0.3) is 0 Å². The van der Waals surface area contributed by atoms with Crippen LogP contribution >= 0.6 is 0 Å². The Morgan fingerprint density at radius 3 is 2.47 bits per heavy atom. The van der Waals surface area contributed by atoms with Crippen molar-refractivity contribution < 1.29 is 4.79 Å². The third kappa shape index (κ3) is 3.74. The molecule has 0 aliphatic rings. The molecule has 82 valence electrons. The van der Waals surface area contributed by atoms with Crippen molar-refractivity contribution in [3.63, 3.8) is 0 Å². The van der Waals surface area contributed by atoms with E-state index in [-0.39, 0.29) is 11.9 Å². The quantitative estimate of drug-likeness (QED) is 0.786. The Balaban J connectivity index is 2.61. The van der Waals surface area contributed by atoms with Crippen molar-refractivity contribution >= 4 is 5.91 Å². The second-order valence-electron chi connectivity index (χ2n) is 3.69. The number of carbonyl (C=O) groups is 1. The molecule has 2 nitrogen and oxygen atoms in total. The van der Waals surface area contributed by atoms with E-state index in [2.05, 4.69) is 24.4 Å².